The molecule has 1 aromatic heterocycles. The molecule has 3 rings (SSSR count). The third-order valence-electron chi connectivity index (χ3n) is 5.93. The summed E-state index contributed by atoms with van der Waals surface area (Å²) in [6.45, 7) is 11.0. The minimum Gasteiger partial charge on any atom is -0.465 e. The summed E-state index contributed by atoms with van der Waals surface area (Å²) in [5, 5.41) is 13.4. The van der Waals surface area contributed by atoms with Gasteiger partial charge in [0.15, 0.2) is 0 Å². The van der Waals surface area contributed by atoms with Crippen LogP contribution in [0.3, 0.4) is 0 Å². The SMILES string of the molecule is CCNCc1nnc(OC2CC3CCC2(C)C3(C)C)s1. The Morgan fingerprint density at radius 3 is 2.75 bits per heavy atom. The van der Waals surface area contributed by atoms with Gasteiger partial charge in [0.05, 0.1) is 0 Å². The Bertz CT molecular complexity index is 487. The second-order valence-electron chi connectivity index (χ2n) is 6.96. The highest BCUT2D eigenvalue weighted by molar-refractivity contribution is 7.13. The van der Waals surface area contributed by atoms with Gasteiger partial charge in [-0.25, -0.2) is 0 Å². The fraction of sp³-hybridized carbons (Fsp3) is 0.867. The van der Waals surface area contributed by atoms with Gasteiger partial charge in [-0.2, -0.15) is 0 Å². The monoisotopic (exact) mass is 295 g/mol. The molecular formula is C15H25N3OS. The van der Waals surface area contributed by atoms with Crippen LogP contribution < -0.4 is 10.1 Å². The third-order valence-corrected chi connectivity index (χ3v) is 6.75. The summed E-state index contributed by atoms with van der Waals surface area (Å²) >= 11 is 1.58. The number of nitrogens with one attached hydrogen (secondary N) is 1. The van der Waals surface area contributed by atoms with Gasteiger partial charge in [0.2, 0.25) is 0 Å². The van der Waals surface area contributed by atoms with Crippen LogP contribution in [0.4, 0.5) is 0 Å². The minimum atomic E-state index is 0.283. The standard InChI is InChI=1S/C15H25N3OS/c1-5-16-9-12-17-18-13(20-12)19-11-8-10-6-7-15(11,4)14(10,2)3/h10-11,16H,5-9H2,1-4H3. The van der Waals surface area contributed by atoms with E-state index < -0.39 is 0 Å². The number of fused-ring (bicyclic) bond motifs is 2. The van der Waals surface area contributed by atoms with Crippen molar-refractivity contribution >= 4 is 11.3 Å². The van der Waals surface area contributed by atoms with Gasteiger partial charge in [0, 0.05) is 12.0 Å². The van der Waals surface area contributed by atoms with Crippen LogP contribution in [-0.2, 0) is 6.54 Å². The Morgan fingerprint density at radius 1 is 1.35 bits per heavy atom. The summed E-state index contributed by atoms with van der Waals surface area (Å²) in [5.41, 5.74) is 0.667. The van der Waals surface area contributed by atoms with Crippen molar-refractivity contribution in [2.75, 3.05) is 6.54 Å². The predicted molar refractivity (Wildman–Crippen MR) is 80.9 cm³/mol. The van der Waals surface area contributed by atoms with Crippen LogP contribution in [-0.4, -0.2) is 22.8 Å². The molecule has 3 atom stereocenters. The van der Waals surface area contributed by atoms with Gasteiger partial charge in [-0.1, -0.05) is 44.1 Å². The molecule has 112 valence electrons. The van der Waals surface area contributed by atoms with Crippen molar-refractivity contribution in [3.63, 3.8) is 0 Å². The number of ether oxygens (including phenoxy) is 1. The lowest BCUT2D eigenvalue weighted by Gasteiger charge is -2.38. The predicted octanol–water partition coefficient (Wildman–Crippen LogP) is 3.24. The lowest BCUT2D eigenvalue weighted by molar-refractivity contribution is 0.0296. The second-order valence-corrected chi connectivity index (χ2v) is 7.98. The van der Waals surface area contributed by atoms with Crippen LogP contribution in [0.2, 0.25) is 0 Å². The lowest BCUT2D eigenvalue weighted by Crippen LogP contribution is -2.38. The Morgan fingerprint density at radius 2 is 2.15 bits per heavy atom. The number of hydrogen-bond acceptors (Lipinski definition) is 5. The summed E-state index contributed by atoms with van der Waals surface area (Å²) in [6.07, 6.45) is 4.10. The average Bonchev–Trinajstić information content (AvgIpc) is 2.99. The number of aromatic nitrogens is 2. The molecule has 1 heterocycles. The largest absolute Gasteiger partial charge is 0.465 e. The van der Waals surface area contributed by atoms with Gasteiger partial charge >= 0.3 is 0 Å². The van der Waals surface area contributed by atoms with E-state index in [1.807, 2.05) is 0 Å². The average molecular weight is 295 g/mol. The quantitative estimate of drug-likeness (QED) is 0.906. The summed E-state index contributed by atoms with van der Waals surface area (Å²) in [7, 11) is 0. The zero-order chi connectivity index (χ0) is 14.4. The van der Waals surface area contributed by atoms with E-state index in [0.717, 1.165) is 29.2 Å². The minimum absolute atomic E-state index is 0.283. The first-order chi connectivity index (χ1) is 9.47. The lowest BCUT2D eigenvalue weighted by atomic mass is 9.70. The first-order valence-electron chi connectivity index (χ1n) is 7.67. The van der Waals surface area contributed by atoms with Crippen LogP contribution in [0.1, 0.15) is 52.0 Å². The van der Waals surface area contributed by atoms with Gasteiger partial charge in [-0.05, 0) is 37.1 Å². The van der Waals surface area contributed by atoms with Crippen molar-refractivity contribution in [1.82, 2.24) is 15.5 Å². The molecule has 2 fully saturated rings. The van der Waals surface area contributed by atoms with Crippen LogP contribution in [0.25, 0.3) is 0 Å². The molecule has 2 aliphatic rings. The molecule has 0 spiro atoms. The summed E-state index contributed by atoms with van der Waals surface area (Å²) in [6, 6.07) is 0. The molecule has 2 bridgehead atoms. The highest BCUT2D eigenvalue weighted by Crippen LogP contribution is 2.66. The molecule has 0 aliphatic heterocycles. The summed E-state index contributed by atoms with van der Waals surface area (Å²) in [4.78, 5) is 0. The molecule has 20 heavy (non-hydrogen) atoms. The highest BCUT2D eigenvalue weighted by atomic mass is 32.1. The molecule has 1 aromatic rings. The topological polar surface area (TPSA) is 47.0 Å². The van der Waals surface area contributed by atoms with Crippen molar-refractivity contribution < 1.29 is 4.74 Å². The third kappa shape index (κ3) is 2.06. The van der Waals surface area contributed by atoms with Crippen molar-refractivity contribution in [1.29, 1.82) is 0 Å². The Balaban J connectivity index is 1.69. The van der Waals surface area contributed by atoms with Crippen molar-refractivity contribution in [3.8, 4) is 5.19 Å². The van der Waals surface area contributed by atoms with Gasteiger partial charge in [-0.15, -0.1) is 5.10 Å². The number of nitrogens with zero attached hydrogens (tertiary/aromatic N) is 2. The molecule has 3 unspecified atom stereocenters. The molecule has 4 nitrogen and oxygen atoms in total. The maximum Gasteiger partial charge on any atom is 0.294 e. The fourth-order valence-electron chi connectivity index (χ4n) is 4.02. The molecule has 2 saturated carbocycles. The van der Waals surface area contributed by atoms with E-state index in [1.165, 1.54) is 19.3 Å². The van der Waals surface area contributed by atoms with Gasteiger partial charge < -0.3 is 10.1 Å². The maximum absolute atomic E-state index is 6.23. The molecule has 5 heteroatoms. The normalized spacial score (nSPS) is 34.6. The molecule has 0 amide bonds. The van der Waals surface area contributed by atoms with Crippen LogP contribution in [0.5, 0.6) is 5.19 Å². The fourth-order valence-corrected chi connectivity index (χ4v) is 4.72. The summed E-state index contributed by atoms with van der Waals surface area (Å²) < 4.78 is 6.23. The van der Waals surface area contributed by atoms with E-state index in [0.29, 0.717) is 11.5 Å². The molecule has 0 saturated heterocycles. The first-order valence-corrected chi connectivity index (χ1v) is 8.49. The highest BCUT2D eigenvalue weighted by Gasteiger charge is 2.62. The van der Waals surface area contributed by atoms with Crippen LogP contribution in [0.15, 0.2) is 0 Å². The van der Waals surface area contributed by atoms with Crippen LogP contribution in [0, 0.1) is 16.7 Å². The molecule has 2 aliphatic carbocycles. The van der Waals surface area contributed by atoms with Crippen molar-refractivity contribution in [2.45, 2.75) is 59.6 Å². The number of hydrogen-bond donors (Lipinski definition) is 1. The van der Waals surface area contributed by atoms with E-state index in [9.17, 15) is 0 Å². The Hall–Kier alpha value is -0.680. The maximum atomic E-state index is 6.23. The van der Waals surface area contributed by atoms with E-state index in [-0.39, 0.29) is 5.41 Å². The zero-order valence-corrected chi connectivity index (χ0v) is 13.7. The van der Waals surface area contributed by atoms with Gasteiger partial charge in [0.1, 0.15) is 11.1 Å². The van der Waals surface area contributed by atoms with Crippen molar-refractivity contribution in [3.05, 3.63) is 5.01 Å². The van der Waals surface area contributed by atoms with Gasteiger partial charge in [0.25, 0.3) is 5.19 Å². The van der Waals surface area contributed by atoms with E-state index >= 15 is 0 Å². The van der Waals surface area contributed by atoms with E-state index in [1.54, 1.807) is 11.3 Å². The van der Waals surface area contributed by atoms with Gasteiger partial charge in [-0.3, -0.25) is 0 Å². The van der Waals surface area contributed by atoms with Crippen molar-refractivity contribution in [2.24, 2.45) is 16.7 Å². The van der Waals surface area contributed by atoms with E-state index in [2.05, 4.69) is 43.2 Å². The Kier molecular flexibility index (Phi) is 3.53. The summed E-state index contributed by atoms with van der Waals surface area (Å²) in [5.74, 6) is 0.798. The molecule has 0 aromatic carbocycles. The zero-order valence-electron chi connectivity index (χ0n) is 12.9. The molecule has 0 radical (unpaired) electrons. The Labute approximate surface area is 125 Å². The second kappa shape index (κ2) is 4.95. The smallest absolute Gasteiger partial charge is 0.294 e. The van der Waals surface area contributed by atoms with E-state index in [4.69, 9.17) is 4.74 Å². The molecular weight excluding hydrogens is 270 g/mol. The van der Waals surface area contributed by atoms with Crippen LogP contribution >= 0.6 is 11.3 Å². The number of rotatable bonds is 5. The molecule has 1 N–H and O–H groups in total. The first kappa shape index (κ1) is 14.3.